The molecule has 0 saturated carbocycles. The van der Waals surface area contributed by atoms with Crippen LogP contribution in [-0.4, -0.2) is 20.1 Å². The van der Waals surface area contributed by atoms with Crippen LogP contribution in [0.3, 0.4) is 0 Å². The molecule has 2 heterocycles. The zero-order valence-corrected chi connectivity index (χ0v) is 9.75. The lowest BCUT2D eigenvalue weighted by atomic mass is 10.1. The number of nitrogen functional groups attached to an aromatic ring is 1. The summed E-state index contributed by atoms with van der Waals surface area (Å²) >= 11 is 0. The van der Waals surface area contributed by atoms with Crippen molar-refractivity contribution < 1.29 is 5.11 Å². The number of nitrogens with two attached hydrogens (primary N) is 1. The Labute approximate surface area is 108 Å². The lowest BCUT2D eigenvalue weighted by molar-refractivity contribution is 0.475. The molecule has 0 aliphatic rings. The molecule has 0 fully saturated rings. The maximum Gasteiger partial charge on any atom is 0.222 e. The predicted molar refractivity (Wildman–Crippen MR) is 70.1 cm³/mol. The molecule has 2 aromatic heterocycles. The van der Waals surface area contributed by atoms with Crippen molar-refractivity contribution in [2.24, 2.45) is 0 Å². The molecule has 1 aromatic carbocycles. The third kappa shape index (κ3) is 1.73. The second-order valence-electron chi connectivity index (χ2n) is 4.02. The molecule has 0 bridgehead atoms. The first-order chi connectivity index (χ1) is 9.19. The molecule has 0 amide bonds. The van der Waals surface area contributed by atoms with Crippen LogP contribution in [0.1, 0.15) is 5.56 Å². The number of nitriles is 1. The van der Waals surface area contributed by atoms with Crippen LogP contribution in [-0.2, 0) is 0 Å². The van der Waals surface area contributed by atoms with Gasteiger partial charge in [-0.15, -0.1) is 0 Å². The number of aromatic amines is 1. The number of fused-ring (bicyclic) bond motifs is 1. The summed E-state index contributed by atoms with van der Waals surface area (Å²) in [4.78, 5) is 11.1. The monoisotopic (exact) mass is 251 g/mol. The van der Waals surface area contributed by atoms with E-state index in [0.29, 0.717) is 27.9 Å². The number of aromatic hydroxyl groups is 1. The molecule has 0 aliphatic carbocycles. The van der Waals surface area contributed by atoms with E-state index in [0.717, 1.165) is 0 Å². The van der Waals surface area contributed by atoms with Gasteiger partial charge in [-0.25, -0.2) is 4.98 Å². The first kappa shape index (κ1) is 11.0. The van der Waals surface area contributed by atoms with E-state index in [9.17, 15) is 5.11 Å². The van der Waals surface area contributed by atoms with Crippen molar-refractivity contribution in [1.29, 1.82) is 5.26 Å². The smallest absolute Gasteiger partial charge is 0.222 e. The van der Waals surface area contributed by atoms with E-state index in [2.05, 4.69) is 21.0 Å². The van der Waals surface area contributed by atoms with Crippen LogP contribution < -0.4 is 5.73 Å². The van der Waals surface area contributed by atoms with Gasteiger partial charge in [0.25, 0.3) is 0 Å². The summed E-state index contributed by atoms with van der Waals surface area (Å²) in [7, 11) is 0. The van der Waals surface area contributed by atoms with Crippen molar-refractivity contribution in [3.05, 3.63) is 36.0 Å². The van der Waals surface area contributed by atoms with Crippen molar-refractivity contribution in [2.45, 2.75) is 0 Å². The summed E-state index contributed by atoms with van der Waals surface area (Å²) in [5.74, 6) is 0.231. The van der Waals surface area contributed by atoms with Crippen LogP contribution in [0.25, 0.3) is 22.3 Å². The topological polar surface area (TPSA) is 112 Å². The summed E-state index contributed by atoms with van der Waals surface area (Å²) < 4.78 is 0. The molecule has 0 radical (unpaired) electrons. The van der Waals surface area contributed by atoms with Gasteiger partial charge in [-0.05, 0) is 12.1 Å². The first-order valence-corrected chi connectivity index (χ1v) is 5.53. The minimum atomic E-state index is 0.109. The molecule has 19 heavy (non-hydrogen) atoms. The van der Waals surface area contributed by atoms with Crippen LogP contribution in [0.5, 0.6) is 5.75 Å². The van der Waals surface area contributed by atoms with Gasteiger partial charge in [-0.3, -0.25) is 0 Å². The zero-order valence-electron chi connectivity index (χ0n) is 9.75. The van der Waals surface area contributed by atoms with Crippen molar-refractivity contribution in [1.82, 2.24) is 15.0 Å². The van der Waals surface area contributed by atoms with Crippen LogP contribution in [0.4, 0.5) is 5.95 Å². The Morgan fingerprint density at radius 2 is 2.16 bits per heavy atom. The van der Waals surface area contributed by atoms with Crippen molar-refractivity contribution in [3.8, 4) is 23.1 Å². The second-order valence-corrected chi connectivity index (χ2v) is 4.02. The Bertz CT molecular complexity index is 816. The van der Waals surface area contributed by atoms with E-state index in [-0.39, 0.29) is 11.7 Å². The van der Waals surface area contributed by atoms with E-state index >= 15 is 0 Å². The highest BCUT2D eigenvalue weighted by Crippen LogP contribution is 2.30. The average Bonchev–Trinajstić information content (AvgIpc) is 2.80. The number of benzene rings is 1. The number of anilines is 1. The fraction of sp³-hybridized carbons (Fsp3) is 0. The van der Waals surface area contributed by atoms with Gasteiger partial charge in [0, 0.05) is 11.8 Å². The number of nitrogens with one attached hydrogen (secondary N) is 1. The Morgan fingerprint density at radius 3 is 2.89 bits per heavy atom. The number of rotatable bonds is 1. The van der Waals surface area contributed by atoms with Crippen molar-refractivity contribution in [2.75, 3.05) is 5.73 Å². The third-order valence-electron chi connectivity index (χ3n) is 2.79. The van der Waals surface area contributed by atoms with Gasteiger partial charge >= 0.3 is 0 Å². The predicted octanol–water partition coefficient (Wildman–Crippen LogP) is 1.78. The fourth-order valence-electron chi connectivity index (χ4n) is 2.00. The maximum atomic E-state index is 9.55. The number of nitrogens with zero attached hydrogens (tertiary/aromatic N) is 3. The molecule has 0 saturated heterocycles. The largest absolute Gasteiger partial charge is 0.508 e. The van der Waals surface area contributed by atoms with E-state index in [4.69, 9.17) is 11.0 Å². The van der Waals surface area contributed by atoms with Gasteiger partial charge in [-0.1, -0.05) is 12.1 Å². The molecule has 3 rings (SSSR count). The lowest BCUT2D eigenvalue weighted by Gasteiger charge is -2.04. The highest BCUT2D eigenvalue weighted by molar-refractivity contribution is 5.96. The molecule has 4 N–H and O–H groups in total. The molecular formula is C13H9N5O. The minimum absolute atomic E-state index is 0.109. The average molecular weight is 251 g/mol. The summed E-state index contributed by atoms with van der Waals surface area (Å²) in [6.07, 6.45) is 1.56. The summed E-state index contributed by atoms with van der Waals surface area (Å²) in [5, 5.41) is 19.3. The summed E-state index contributed by atoms with van der Waals surface area (Å²) in [6, 6.07) is 8.70. The molecular weight excluding hydrogens is 242 g/mol. The van der Waals surface area contributed by atoms with Gasteiger partial charge in [0.05, 0.1) is 16.6 Å². The van der Waals surface area contributed by atoms with E-state index in [1.54, 1.807) is 30.5 Å². The van der Waals surface area contributed by atoms with E-state index in [1.807, 2.05) is 0 Å². The number of phenolic OH excluding ortho intramolecular Hbond substituents is 1. The van der Waals surface area contributed by atoms with Crippen molar-refractivity contribution in [3.63, 3.8) is 0 Å². The normalized spacial score (nSPS) is 10.5. The molecule has 92 valence electrons. The fourth-order valence-corrected chi connectivity index (χ4v) is 2.00. The Balaban J connectivity index is 2.39. The molecule has 0 aliphatic heterocycles. The number of phenols is 1. The Kier molecular flexibility index (Phi) is 2.32. The first-order valence-electron chi connectivity index (χ1n) is 5.53. The van der Waals surface area contributed by atoms with E-state index in [1.165, 1.54) is 0 Å². The number of hydrogen-bond acceptors (Lipinski definition) is 5. The van der Waals surface area contributed by atoms with Crippen LogP contribution >= 0.6 is 0 Å². The van der Waals surface area contributed by atoms with Crippen LogP contribution in [0.15, 0.2) is 30.5 Å². The van der Waals surface area contributed by atoms with Crippen LogP contribution in [0.2, 0.25) is 0 Å². The van der Waals surface area contributed by atoms with E-state index < -0.39 is 0 Å². The van der Waals surface area contributed by atoms with Crippen LogP contribution in [0, 0.1) is 11.3 Å². The lowest BCUT2D eigenvalue weighted by Crippen LogP contribution is -1.97. The second kappa shape index (κ2) is 3.99. The highest BCUT2D eigenvalue weighted by Gasteiger charge is 2.14. The van der Waals surface area contributed by atoms with Gasteiger partial charge in [0.1, 0.15) is 17.5 Å². The molecule has 0 atom stereocenters. The Morgan fingerprint density at radius 1 is 1.32 bits per heavy atom. The van der Waals surface area contributed by atoms with Gasteiger partial charge in [-0.2, -0.15) is 10.2 Å². The number of H-pyrrole nitrogens is 1. The number of aromatic nitrogens is 3. The minimum Gasteiger partial charge on any atom is -0.508 e. The zero-order chi connectivity index (χ0) is 13.4. The standard InChI is InChI=1S/C13H9N5O/c14-5-8-6-16-12-10(8)11(17-13(15)18-12)7-2-1-3-9(19)4-7/h1-4,6,19H,(H3,15,16,17,18). The quantitative estimate of drug-likeness (QED) is 0.610. The molecule has 0 unspecified atom stereocenters. The molecule has 6 nitrogen and oxygen atoms in total. The Hall–Kier alpha value is -3.07. The molecule has 3 aromatic rings. The molecule has 6 heteroatoms. The SMILES string of the molecule is N#Cc1c[nH]c2nc(N)nc(-c3cccc(O)c3)c12. The van der Waals surface area contributed by atoms with Gasteiger partial charge < -0.3 is 15.8 Å². The highest BCUT2D eigenvalue weighted by atomic mass is 16.3. The summed E-state index contributed by atoms with van der Waals surface area (Å²) in [6.45, 7) is 0. The summed E-state index contributed by atoms with van der Waals surface area (Å²) in [5.41, 5.74) is 7.80. The van der Waals surface area contributed by atoms with Crippen molar-refractivity contribution >= 4 is 17.0 Å². The third-order valence-corrected chi connectivity index (χ3v) is 2.79. The number of hydrogen-bond donors (Lipinski definition) is 3. The molecule has 0 spiro atoms. The van der Waals surface area contributed by atoms with Gasteiger partial charge in [0.15, 0.2) is 0 Å². The maximum absolute atomic E-state index is 9.55. The van der Waals surface area contributed by atoms with Gasteiger partial charge in [0.2, 0.25) is 5.95 Å².